The van der Waals surface area contributed by atoms with E-state index in [0.29, 0.717) is 30.9 Å². The minimum absolute atomic E-state index is 0.246. The number of nitrogens with one attached hydrogen (secondary N) is 1. The van der Waals surface area contributed by atoms with Crippen molar-refractivity contribution in [2.45, 2.75) is 69.6 Å². The zero-order valence-corrected chi connectivity index (χ0v) is 20.4. The van der Waals surface area contributed by atoms with Crippen molar-refractivity contribution in [1.29, 1.82) is 0 Å². The monoisotopic (exact) mass is 472 g/mol. The molecule has 180 valence electrons. The molecule has 1 amide bonds. The van der Waals surface area contributed by atoms with Gasteiger partial charge in [-0.1, -0.05) is 45.4 Å². The molecule has 1 saturated heterocycles. The lowest BCUT2D eigenvalue weighted by Crippen LogP contribution is -2.31. The molecule has 0 radical (unpaired) electrons. The number of anilines is 1. The third-order valence-electron chi connectivity index (χ3n) is 5.95. The van der Waals surface area contributed by atoms with E-state index >= 15 is 0 Å². The lowest BCUT2D eigenvalue weighted by atomic mass is 10.1. The average Bonchev–Trinajstić information content (AvgIpc) is 3.12. The third-order valence-corrected chi connectivity index (χ3v) is 7.86. The fourth-order valence-electron chi connectivity index (χ4n) is 3.94. The summed E-state index contributed by atoms with van der Waals surface area (Å²) in [6.45, 7) is 4.02. The van der Waals surface area contributed by atoms with Crippen LogP contribution >= 0.6 is 0 Å². The first kappa shape index (κ1) is 25.2. The topological polar surface area (TPSA) is 75.7 Å². The molecule has 0 bridgehead atoms. The summed E-state index contributed by atoms with van der Waals surface area (Å²) in [4.78, 5) is 12.8. The molecule has 33 heavy (non-hydrogen) atoms. The highest BCUT2D eigenvalue weighted by Crippen LogP contribution is 2.22. The highest BCUT2D eigenvalue weighted by atomic mass is 32.2. The number of benzene rings is 2. The fourth-order valence-corrected chi connectivity index (χ4v) is 5.46. The summed E-state index contributed by atoms with van der Waals surface area (Å²) in [6, 6.07) is 13.5. The van der Waals surface area contributed by atoms with E-state index in [2.05, 4.69) is 12.2 Å². The van der Waals surface area contributed by atoms with Crippen LogP contribution in [0.4, 0.5) is 5.69 Å². The molecule has 2 aromatic rings. The van der Waals surface area contributed by atoms with Crippen LogP contribution in [0, 0.1) is 0 Å². The predicted octanol–water partition coefficient (Wildman–Crippen LogP) is 5.85. The van der Waals surface area contributed by atoms with E-state index < -0.39 is 10.0 Å². The van der Waals surface area contributed by atoms with Crippen LogP contribution in [0.25, 0.3) is 0 Å². The number of nitrogens with zero attached hydrogens (tertiary/aromatic N) is 1. The van der Waals surface area contributed by atoms with E-state index in [9.17, 15) is 13.2 Å². The summed E-state index contributed by atoms with van der Waals surface area (Å²) in [5.74, 6) is 0.509. The molecule has 1 aliphatic rings. The van der Waals surface area contributed by atoms with Crippen LogP contribution < -0.4 is 10.1 Å². The molecule has 6 nitrogen and oxygen atoms in total. The molecule has 1 fully saturated rings. The fraction of sp³-hybridized carbons (Fsp3) is 0.500. The lowest BCUT2D eigenvalue weighted by Gasteiger charge is -2.20. The number of hydrogen-bond donors (Lipinski definition) is 1. The van der Waals surface area contributed by atoms with Crippen molar-refractivity contribution in [2.24, 2.45) is 0 Å². The van der Waals surface area contributed by atoms with E-state index in [4.69, 9.17) is 4.74 Å². The van der Waals surface area contributed by atoms with Crippen LogP contribution in [0.2, 0.25) is 0 Å². The summed E-state index contributed by atoms with van der Waals surface area (Å²) in [5, 5.41) is 2.83. The van der Waals surface area contributed by atoms with Crippen molar-refractivity contribution in [3.8, 4) is 5.75 Å². The van der Waals surface area contributed by atoms with Gasteiger partial charge in [0.2, 0.25) is 10.0 Å². The molecular formula is C26H36N2O4S. The minimum atomic E-state index is -3.50. The number of unbranched alkanes of at least 4 members (excludes halogenated alkanes) is 4. The molecule has 1 heterocycles. The van der Waals surface area contributed by atoms with Gasteiger partial charge in [-0.05, 0) is 67.8 Å². The molecule has 0 unspecified atom stereocenters. The highest BCUT2D eigenvalue weighted by molar-refractivity contribution is 7.89. The van der Waals surface area contributed by atoms with E-state index in [1.54, 1.807) is 52.8 Å². The Hall–Kier alpha value is -2.38. The van der Waals surface area contributed by atoms with Gasteiger partial charge in [-0.2, -0.15) is 4.31 Å². The van der Waals surface area contributed by atoms with E-state index in [1.165, 1.54) is 25.7 Å². The summed E-state index contributed by atoms with van der Waals surface area (Å²) < 4.78 is 33.1. The van der Waals surface area contributed by atoms with Gasteiger partial charge < -0.3 is 10.1 Å². The largest absolute Gasteiger partial charge is 0.494 e. The second kappa shape index (κ2) is 12.8. The Morgan fingerprint density at radius 3 is 2.15 bits per heavy atom. The third kappa shape index (κ3) is 7.57. The average molecular weight is 473 g/mol. The molecule has 1 aliphatic heterocycles. The number of carbonyl (C=O) groups excluding carboxylic acids is 1. The van der Waals surface area contributed by atoms with Gasteiger partial charge in [0.1, 0.15) is 5.75 Å². The molecule has 0 spiro atoms. The van der Waals surface area contributed by atoms with E-state index in [0.717, 1.165) is 37.9 Å². The molecule has 7 heteroatoms. The zero-order chi connectivity index (χ0) is 23.5. The summed E-state index contributed by atoms with van der Waals surface area (Å²) in [6.07, 6.45) is 9.88. The van der Waals surface area contributed by atoms with Crippen LogP contribution in [-0.4, -0.2) is 38.3 Å². The van der Waals surface area contributed by atoms with Gasteiger partial charge in [-0.25, -0.2) is 8.42 Å². The lowest BCUT2D eigenvalue weighted by molar-refractivity contribution is 0.102. The van der Waals surface area contributed by atoms with Gasteiger partial charge >= 0.3 is 0 Å². The molecule has 0 aromatic heterocycles. The van der Waals surface area contributed by atoms with Crippen molar-refractivity contribution < 1.29 is 17.9 Å². The minimum Gasteiger partial charge on any atom is -0.494 e. The molecule has 3 rings (SSSR count). The quantitative estimate of drug-likeness (QED) is 0.416. The Bertz CT molecular complexity index is 964. The Morgan fingerprint density at radius 2 is 1.52 bits per heavy atom. The Morgan fingerprint density at radius 1 is 0.879 bits per heavy atom. The first-order valence-corrected chi connectivity index (χ1v) is 13.6. The molecule has 0 atom stereocenters. The maximum absolute atomic E-state index is 12.9. The van der Waals surface area contributed by atoms with Crippen LogP contribution in [-0.2, 0) is 10.0 Å². The van der Waals surface area contributed by atoms with Crippen LogP contribution in [0.5, 0.6) is 5.75 Å². The van der Waals surface area contributed by atoms with Gasteiger partial charge in [0.05, 0.1) is 11.5 Å². The number of amides is 1. The predicted molar refractivity (Wildman–Crippen MR) is 132 cm³/mol. The first-order chi connectivity index (χ1) is 16.0. The normalized spacial score (nSPS) is 15.1. The summed E-state index contributed by atoms with van der Waals surface area (Å²) >= 11 is 0. The molecule has 2 aromatic carbocycles. The Kier molecular flexibility index (Phi) is 9.76. The van der Waals surface area contributed by atoms with Crippen molar-refractivity contribution in [1.82, 2.24) is 4.31 Å². The number of carbonyl (C=O) groups is 1. The maximum atomic E-state index is 12.9. The van der Waals surface area contributed by atoms with Crippen molar-refractivity contribution in [2.75, 3.05) is 25.0 Å². The van der Waals surface area contributed by atoms with Gasteiger partial charge in [0.15, 0.2) is 0 Å². The van der Waals surface area contributed by atoms with Crippen molar-refractivity contribution >= 4 is 21.6 Å². The van der Waals surface area contributed by atoms with E-state index in [1.807, 2.05) is 0 Å². The number of hydrogen-bond acceptors (Lipinski definition) is 4. The summed E-state index contributed by atoms with van der Waals surface area (Å²) in [7, 11) is -3.50. The summed E-state index contributed by atoms with van der Waals surface area (Å²) in [5.41, 5.74) is 1.08. The van der Waals surface area contributed by atoms with Gasteiger partial charge in [-0.15, -0.1) is 0 Å². The van der Waals surface area contributed by atoms with Crippen LogP contribution in [0.15, 0.2) is 53.4 Å². The SMILES string of the molecule is CCCCCCCOc1ccc(C(=O)Nc2ccc(S(=O)(=O)N3CCCCCC3)cc2)cc1. The second-order valence-electron chi connectivity index (χ2n) is 8.58. The second-order valence-corrected chi connectivity index (χ2v) is 10.5. The van der Waals surface area contributed by atoms with Gasteiger partial charge in [0.25, 0.3) is 5.91 Å². The zero-order valence-electron chi connectivity index (χ0n) is 19.6. The molecule has 0 saturated carbocycles. The van der Waals surface area contributed by atoms with E-state index in [-0.39, 0.29) is 10.8 Å². The smallest absolute Gasteiger partial charge is 0.255 e. The first-order valence-electron chi connectivity index (χ1n) is 12.1. The standard InChI is InChI=1S/C26H36N2O4S/c1-2-3-4-7-10-21-32-24-15-11-22(12-16-24)26(29)27-23-13-17-25(18-14-23)33(30,31)28-19-8-5-6-9-20-28/h11-18H,2-10,19-21H2,1H3,(H,27,29). The van der Waals surface area contributed by atoms with Gasteiger partial charge in [0, 0.05) is 24.3 Å². The number of sulfonamides is 1. The number of ether oxygens (including phenoxy) is 1. The Balaban J connectivity index is 1.52. The van der Waals surface area contributed by atoms with Crippen LogP contribution in [0.1, 0.15) is 75.1 Å². The Labute approximate surface area is 198 Å². The maximum Gasteiger partial charge on any atom is 0.255 e. The molecule has 1 N–H and O–H groups in total. The molecule has 0 aliphatic carbocycles. The molecular weight excluding hydrogens is 436 g/mol. The van der Waals surface area contributed by atoms with Crippen molar-refractivity contribution in [3.05, 3.63) is 54.1 Å². The number of rotatable bonds is 11. The van der Waals surface area contributed by atoms with Crippen LogP contribution in [0.3, 0.4) is 0 Å². The highest BCUT2D eigenvalue weighted by Gasteiger charge is 2.25. The van der Waals surface area contributed by atoms with Crippen molar-refractivity contribution in [3.63, 3.8) is 0 Å². The van der Waals surface area contributed by atoms with Gasteiger partial charge in [-0.3, -0.25) is 4.79 Å².